The van der Waals surface area contributed by atoms with Crippen molar-refractivity contribution in [3.05, 3.63) is 51.5 Å². The maximum absolute atomic E-state index is 13.0. The third-order valence-corrected chi connectivity index (χ3v) is 3.10. The molecular weight excluding hydrogens is 259 g/mol. The highest BCUT2D eigenvalue weighted by molar-refractivity contribution is 9.10. The molecule has 1 aromatic carbocycles. The van der Waals surface area contributed by atoms with E-state index in [1.165, 1.54) is 12.1 Å². The Morgan fingerprint density at radius 2 is 2.20 bits per heavy atom. The molecule has 0 saturated heterocycles. The fourth-order valence-corrected chi connectivity index (χ4v) is 1.82. The van der Waals surface area contributed by atoms with Gasteiger partial charge in [-0.05, 0) is 36.2 Å². The number of nitrogens with zero attached hydrogens (tertiary/aromatic N) is 1. The SMILES string of the molecule is Cc1[nH]ncc1Cc1cc(F)ccc1Br. The number of H-pyrrole nitrogens is 1. The molecule has 15 heavy (non-hydrogen) atoms. The first-order valence-electron chi connectivity index (χ1n) is 4.59. The van der Waals surface area contributed by atoms with Gasteiger partial charge in [0.15, 0.2) is 0 Å². The number of hydrogen-bond acceptors (Lipinski definition) is 1. The van der Waals surface area contributed by atoms with Crippen molar-refractivity contribution in [2.24, 2.45) is 0 Å². The average molecular weight is 269 g/mol. The maximum Gasteiger partial charge on any atom is 0.123 e. The van der Waals surface area contributed by atoms with E-state index in [4.69, 9.17) is 0 Å². The van der Waals surface area contributed by atoms with Crippen LogP contribution in [-0.2, 0) is 6.42 Å². The van der Waals surface area contributed by atoms with E-state index in [1.807, 2.05) is 6.92 Å². The quantitative estimate of drug-likeness (QED) is 0.891. The number of rotatable bonds is 2. The van der Waals surface area contributed by atoms with Crippen LogP contribution in [0.2, 0.25) is 0 Å². The van der Waals surface area contributed by atoms with Crippen molar-refractivity contribution in [2.75, 3.05) is 0 Å². The number of benzene rings is 1. The first kappa shape index (κ1) is 10.4. The number of aryl methyl sites for hydroxylation is 1. The Kier molecular flexibility index (Phi) is 2.86. The summed E-state index contributed by atoms with van der Waals surface area (Å²) in [7, 11) is 0. The molecule has 2 rings (SSSR count). The standard InChI is InChI=1S/C11H10BrFN2/c1-7-9(6-14-15-7)4-8-5-10(13)2-3-11(8)12/h2-3,5-6H,4H2,1H3,(H,14,15). The Bertz CT molecular complexity index is 479. The van der Waals surface area contributed by atoms with Gasteiger partial charge >= 0.3 is 0 Å². The Morgan fingerprint density at radius 1 is 1.40 bits per heavy atom. The van der Waals surface area contributed by atoms with Crippen molar-refractivity contribution in [3.63, 3.8) is 0 Å². The Morgan fingerprint density at radius 3 is 2.87 bits per heavy atom. The van der Waals surface area contributed by atoms with Crippen LogP contribution in [0.25, 0.3) is 0 Å². The van der Waals surface area contributed by atoms with Gasteiger partial charge in [0.05, 0.1) is 6.20 Å². The first-order valence-corrected chi connectivity index (χ1v) is 5.39. The van der Waals surface area contributed by atoms with Crippen molar-refractivity contribution >= 4 is 15.9 Å². The lowest BCUT2D eigenvalue weighted by Crippen LogP contribution is -1.91. The minimum atomic E-state index is -0.214. The molecular formula is C11H10BrFN2. The molecule has 1 N–H and O–H groups in total. The zero-order valence-corrected chi connectivity index (χ0v) is 9.81. The van der Waals surface area contributed by atoms with Crippen LogP contribution >= 0.6 is 15.9 Å². The van der Waals surface area contributed by atoms with Crippen LogP contribution in [0.3, 0.4) is 0 Å². The molecule has 0 fully saturated rings. The van der Waals surface area contributed by atoms with E-state index in [1.54, 1.807) is 12.3 Å². The first-order chi connectivity index (χ1) is 7.16. The van der Waals surface area contributed by atoms with Crippen molar-refractivity contribution in [3.8, 4) is 0 Å². The van der Waals surface area contributed by atoms with Gasteiger partial charge in [-0.25, -0.2) is 4.39 Å². The van der Waals surface area contributed by atoms with Crippen LogP contribution in [0.1, 0.15) is 16.8 Å². The number of halogens is 2. The Labute approximate surface area is 95.6 Å². The lowest BCUT2D eigenvalue weighted by Gasteiger charge is -2.03. The number of hydrogen-bond donors (Lipinski definition) is 1. The summed E-state index contributed by atoms with van der Waals surface area (Å²) in [6.07, 6.45) is 2.45. The molecule has 2 nitrogen and oxygen atoms in total. The lowest BCUT2D eigenvalue weighted by molar-refractivity contribution is 0.625. The second-order valence-electron chi connectivity index (χ2n) is 3.43. The molecule has 0 saturated carbocycles. The van der Waals surface area contributed by atoms with Gasteiger partial charge in [-0.1, -0.05) is 15.9 Å². The van der Waals surface area contributed by atoms with E-state index in [9.17, 15) is 4.39 Å². The smallest absolute Gasteiger partial charge is 0.123 e. The minimum Gasteiger partial charge on any atom is -0.283 e. The number of aromatic nitrogens is 2. The van der Waals surface area contributed by atoms with E-state index in [0.29, 0.717) is 6.42 Å². The van der Waals surface area contributed by atoms with Gasteiger partial charge in [0, 0.05) is 16.6 Å². The zero-order valence-electron chi connectivity index (χ0n) is 8.22. The van der Waals surface area contributed by atoms with Gasteiger partial charge in [0.2, 0.25) is 0 Å². The zero-order chi connectivity index (χ0) is 10.8. The maximum atomic E-state index is 13.0. The molecule has 0 amide bonds. The second-order valence-corrected chi connectivity index (χ2v) is 4.29. The number of aromatic amines is 1. The summed E-state index contributed by atoms with van der Waals surface area (Å²) in [4.78, 5) is 0. The molecule has 0 bridgehead atoms. The summed E-state index contributed by atoms with van der Waals surface area (Å²) in [5.41, 5.74) is 3.03. The van der Waals surface area contributed by atoms with Crippen molar-refractivity contribution in [1.29, 1.82) is 0 Å². The van der Waals surface area contributed by atoms with Crippen LogP contribution in [0.5, 0.6) is 0 Å². The van der Waals surface area contributed by atoms with Crippen LogP contribution in [0.4, 0.5) is 4.39 Å². The van der Waals surface area contributed by atoms with Gasteiger partial charge in [-0.15, -0.1) is 0 Å². The van der Waals surface area contributed by atoms with Crippen LogP contribution < -0.4 is 0 Å². The summed E-state index contributed by atoms with van der Waals surface area (Å²) in [5.74, 6) is -0.214. The summed E-state index contributed by atoms with van der Waals surface area (Å²) in [5, 5.41) is 6.80. The van der Waals surface area contributed by atoms with Gasteiger partial charge in [0.25, 0.3) is 0 Å². The van der Waals surface area contributed by atoms with Crippen molar-refractivity contribution in [1.82, 2.24) is 10.2 Å². The summed E-state index contributed by atoms with van der Waals surface area (Å²) in [6.45, 7) is 1.95. The molecule has 0 unspecified atom stereocenters. The van der Waals surface area contributed by atoms with E-state index >= 15 is 0 Å². The summed E-state index contributed by atoms with van der Waals surface area (Å²) in [6, 6.07) is 4.70. The molecule has 2 aromatic rings. The van der Waals surface area contributed by atoms with Crippen LogP contribution in [0.15, 0.2) is 28.9 Å². The second kappa shape index (κ2) is 4.14. The fraction of sp³-hybridized carbons (Fsp3) is 0.182. The van der Waals surface area contributed by atoms with E-state index < -0.39 is 0 Å². The van der Waals surface area contributed by atoms with Crippen molar-refractivity contribution < 1.29 is 4.39 Å². The Balaban J connectivity index is 2.32. The van der Waals surface area contributed by atoms with E-state index in [0.717, 1.165) is 21.3 Å². The highest BCUT2D eigenvalue weighted by Gasteiger charge is 2.06. The molecule has 0 aliphatic rings. The van der Waals surface area contributed by atoms with Gasteiger partial charge in [-0.2, -0.15) is 5.10 Å². The molecule has 0 atom stereocenters. The van der Waals surface area contributed by atoms with Crippen LogP contribution in [0, 0.1) is 12.7 Å². The predicted molar refractivity (Wildman–Crippen MR) is 60.2 cm³/mol. The van der Waals surface area contributed by atoms with Gasteiger partial charge in [-0.3, -0.25) is 5.10 Å². The van der Waals surface area contributed by atoms with Gasteiger partial charge < -0.3 is 0 Å². The molecule has 0 radical (unpaired) electrons. The molecule has 78 valence electrons. The van der Waals surface area contributed by atoms with E-state index in [2.05, 4.69) is 26.1 Å². The molecule has 4 heteroatoms. The third kappa shape index (κ3) is 2.26. The fourth-order valence-electron chi connectivity index (χ4n) is 1.44. The van der Waals surface area contributed by atoms with Gasteiger partial charge in [0.1, 0.15) is 5.82 Å². The normalized spacial score (nSPS) is 10.6. The lowest BCUT2D eigenvalue weighted by atomic mass is 10.1. The highest BCUT2D eigenvalue weighted by atomic mass is 79.9. The summed E-state index contributed by atoms with van der Waals surface area (Å²) < 4.78 is 14.0. The van der Waals surface area contributed by atoms with Crippen LogP contribution in [-0.4, -0.2) is 10.2 Å². The predicted octanol–water partition coefficient (Wildman–Crippen LogP) is 3.21. The third-order valence-electron chi connectivity index (χ3n) is 2.32. The largest absolute Gasteiger partial charge is 0.283 e. The Hall–Kier alpha value is -1.16. The monoisotopic (exact) mass is 268 g/mol. The topological polar surface area (TPSA) is 28.7 Å². The molecule has 1 aromatic heterocycles. The molecule has 0 aliphatic carbocycles. The minimum absolute atomic E-state index is 0.214. The average Bonchev–Trinajstić information content (AvgIpc) is 2.58. The van der Waals surface area contributed by atoms with Crippen molar-refractivity contribution in [2.45, 2.75) is 13.3 Å². The number of nitrogens with one attached hydrogen (secondary N) is 1. The molecule has 1 heterocycles. The summed E-state index contributed by atoms with van der Waals surface area (Å²) >= 11 is 3.40. The highest BCUT2D eigenvalue weighted by Crippen LogP contribution is 2.21. The van der Waals surface area contributed by atoms with E-state index in [-0.39, 0.29) is 5.82 Å². The molecule has 0 spiro atoms. The molecule has 0 aliphatic heterocycles.